The summed E-state index contributed by atoms with van der Waals surface area (Å²) in [7, 11) is 1.83. The summed E-state index contributed by atoms with van der Waals surface area (Å²) < 4.78 is 8.61. The van der Waals surface area contributed by atoms with Crippen molar-refractivity contribution in [3.05, 3.63) is 29.8 Å². The van der Waals surface area contributed by atoms with Crippen LogP contribution in [0.15, 0.2) is 22.8 Å². The normalized spacial score (nSPS) is 11.2. The lowest BCUT2D eigenvalue weighted by atomic mass is 10.4. The molecular weight excluding hydrogens is 220 g/mol. The van der Waals surface area contributed by atoms with Gasteiger partial charge in [-0.3, -0.25) is 9.36 Å². The second-order valence-electron chi connectivity index (χ2n) is 3.77. The first kappa shape index (κ1) is 9.83. The molecule has 17 heavy (non-hydrogen) atoms. The Morgan fingerprint density at radius 1 is 1.47 bits per heavy atom. The van der Waals surface area contributed by atoms with Gasteiger partial charge in [0.25, 0.3) is 0 Å². The fourth-order valence-electron chi connectivity index (χ4n) is 1.84. The molecule has 0 aliphatic rings. The number of aromatic nitrogens is 4. The predicted octanol–water partition coefficient (Wildman–Crippen LogP) is 1.45. The molecule has 3 rings (SSSR count). The third-order valence-electron chi connectivity index (χ3n) is 2.72. The average Bonchev–Trinajstić information content (AvgIpc) is 2.97. The van der Waals surface area contributed by atoms with Gasteiger partial charge in [0.15, 0.2) is 17.9 Å². The van der Waals surface area contributed by atoms with Crippen molar-refractivity contribution in [1.29, 1.82) is 0 Å². The van der Waals surface area contributed by atoms with Gasteiger partial charge in [0.1, 0.15) is 5.69 Å². The Labute approximate surface area is 96.5 Å². The molecular formula is C11H10N4O2. The zero-order valence-electron chi connectivity index (χ0n) is 9.41. The molecule has 3 aromatic heterocycles. The van der Waals surface area contributed by atoms with E-state index in [0.717, 1.165) is 6.29 Å². The maximum absolute atomic E-state index is 11.0. The van der Waals surface area contributed by atoms with Crippen LogP contribution in [0, 0.1) is 6.92 Å². The van der Waals surface area contributed by atoms with E-state index >= 15 is 0 Å². The highest BCUT2D eigenvalue weighted by Crippen LogP contribution is 2.20. The van der Waals surface area contributed by atoms with Crippen LogP contribution in [0.2, 0.25) is 0 Å². The number of aryl methyl sites for hydroxylation is 2. The SMILES string of the molecule is Cc1nc2n(C)c(-c3ccco3)nn2c1C=O. The molecule has 6 nitrogen and oxygen atoms in total. The standard InChI is InChI=1S/C11H10N4O2/c1-7-8(6-16)15-11(12-7)14(2)10(13-15)9-4-3-5-17-9/h3-6H,1-2H3. The van der Waals surface area contributed by atoms with Gasteiger partial charge in [0.2, 0.25) is 5.78 Å². The van der Waals surface area contributed by atoms with E-state index in [0.29, 0.717) is 28.8 Å². The number of hydrogen-bond acceptors (Lipinski definition) is 4. The van der Waals surface area contributed by atoms with Crippen molar-refractivity contribution in [1.82, 2.24) is 19.2 Å². The molecule has 0 saturated carbocycles. The minimum absolute atomic E-state index is 0.466. The summed E-state index contributed by atoms with van der Waals surface area (Å²) in [6.07, 6.45) is 2.34. The smallest absolute Gasteiger partial charge is 0.233 e. The zero-order chi connectivity index (χ0) is 12.0. The quantitative estimate of drug-likeness (QED) is 0.625. The lowest BCUT2D eigenvalue weighted by Gasteiger charge is -1.94. The Morgan fingerprint density at radius 2 is 2.29 bits per heavy atom. The number of rotatable bonds is 2. The summed E-state index contributed by atoms with van der Waals surface area (Å²) in [6.45, 7) is 1.78. The van der Waals surface area contributed by atoms with Crippen LogP contribution in [0.25, 0.3) is 17.4 Å². The second-order valence-corrected chi connectivity index (χ2v) is 3.77. The van der Waals surface area contributed by atoms with Crippen molar-refractivity contribution in [3.8, 4) is 11.6 Å². The van der Waals surface area contributed by atoms with Gasteiger partial charge in [-0.2, -0.15) is 4.52 Å². The molecule has 3 heterocycles. The summed E-state index contributed by atoms with van der Waals surface area (Å²) in [4.78, 5) is 15.3. The van der Waals surface area contributed by atoms with Crippen LogP contribution in [0.3, 0.4) is 0 Å². The number of nitrogens with zero attached hydrogens (tertiary/aromatic N) is 4. The highest BCUT2D eigenvalue weighted by Gasteiger charge is 2.17. The lowest BCUT2D eigenvalue weighted by molar-refractivity contribution is 0.111. The Morgan fingerprint density at radius 3 is 2.94 bits per heavy atom. The van der Waals surface area contributed by atoms with Gasteiger partial charge in [-0.05, 0) is 19.1 Å². The van der Waals surface area contributed by atoms with E-state index in [1.165, 1.54) is 4.52 Å². The molecule has 0 aliphatic heterocycles. The number of carbonyl (C=O) groups excluding carboxylic acids is 1. The van der Waals surface area contributed by atoms with Crippen molar-refractivity contribution in [2.75, 3.05) is 0 Å². The molecule has 0 N–H and O–H groups in total. The largest absolute Gasteiger partial charge is 0.461 e. The van der Waals surface area contributed by atoms with Crippen molar-refractivity contribution >= 4 is 12.1 Å². The van der Waals surface area contributed by atoms with Crippen LogP contribution in [0.4, 0.5) is 0 Å². The molecule has 0 amide bonds. The summed E-state index contributed by atoms with van der Waals surface area (Å²) >= 11 is 0. The second kappa shape index (κ2) is 3.31. The minimum Gasteiger partial charge on any atom is -0.461 e. The monoisotopic (exact) mass is 230 g/mol. The van der Waals surface area contributed by atoms with Gasteiger partial charge in [-0.15, -0.1) is 5.10 Å². The Hall–Kier alpha value is -2.37. The third-order valence-corrected chi connectivity index (χ3v) is 2.72. The van der Waals surface area contributed by atoms with Gasteiger partial charge in [0, 0.05) is 7.05 Å². The molecule has 0 aromatic carbocycles. The molecule has 0 spiro atoms. The van der Waals surface area contributed by atoms with Crippen LogP contribution < -0.4 is 0 Å². The van der Waals surface area contributed by atoms with Gasteiger partial charge in [0.05, 0.1) is 12.0 Å². The molecule has 0 bridgehead atoms. The fraction of sp³-hybridized carbons (Fsp3) is 0.182. The van der Waals surface area contributed by atoms with E-state index < -0.39 is 0 Å². The Balaban J connectivity index is 2.33. The maximum Gasteiger partial charge on any atom is 0.233 e. The molecule has 0 saturated heterocycles. The Bertz CT molecular complexity index is 691. The van der Waals surface area contributed by atoms with Crippen molar-refractivity contribution < 1.29 is 9.21 Å². The van der Waals surface area contributed by atoms with Gasteiger partial charge in [-0.1, -0.05) is 0 Å². The van der Waals surface area contributed by atoms with E-state index in [9.17, 15) is 4.79 Å². The number of fused-ring (bicyclic) bond motifs is 1. The highest BCUT2D eigenvalue weighted by molar-refractivity contribution is 5.76. The molecule has 6 heteroatoms. The van der Waals surface area contributed by atoms with Crippen LogP contribution >= 0.6 is 0 Å². The zero-order valence-corrected chi connectivity index (χ0v) is 9.41. The average molecular weight is 230 g/mol. The Kier molecular flexibility index (Phi) is 1.91. The summed E-state index contributed by atoms with van der Waals surface area (Å²) in [6, 6.07) is 3.61. The van der Waals surface area contributed by atoms with E-state index in [1.807, 2.05) is 13.1 Å². The van der Waals surface area contributed by atoms with Crippen LogP contribution in [-0.2, 0) is 7.05 Å². The van der Waals surface area contributed by atoms with Crippen LogP contribution in [0.5, 0.6) is 0 Å². The summed E-state index contributed by atoms with van der Waals surface area (Å²) in [5, 5.41) is 4.34. The minimum atomic E-state index is 0.466. The maximum atomic E-state index is 11.0. The van der Waals surface area contributed by atoms with Gasteiger partial charge >= 0.3 is 0 Å². The number of hydrogen-bond donors (Lipinski definition) is 0. The number of carbonyl (C=O) groups is 1. The van der Waals surface area contributed by atoms with Crippen molar-refractivity contribution in [2.24, 2.45) is 7.05 Å². The fourth-order valence-corrected chi connectivity index (χ4v) is 1.84. The van der Waals surface area contributed by atoms with E-state index in [-0.39, 0.29) is 0 Å². The number of imidazole rings is 1. The first-order valence-corrected chi connectivity index (χ1v) is 5.13. The molecule has 0 aliphatic carbocycles. The molecule has 86 valence electrons. The first-order valence-electron chi connectivity index (χ1n) is 5.13. The van der Waals surface area contributed by atoms with Crippen LogP contribution in [0.1, 0.15) is 16.2 Å². The summed E-state index contributed by atoms with van der Waals surface area (Å²) in [5.41, 5.74) is 1.14. The molecule has 0 unspecified atom stereocenters. The molecule has 0 atom stereocenters. The summed E-state index contributed by atoms with van der Waals surface area (Å²) in [5.74, 6) is 1.91. The van der Waals surface area contributed by atoms with Crippen molar-refractivity contribution in [2.45, 2.75) is 6.92 Å². The lowest BCUT2D eigenvalue weighted by Crippen LogP contribution is -1.93. The first-order chi connectivity index (χ1) is 8.22. The van der Waals surface area contributed by atoms with Crippen molar-refractivity contribution in [3.63, 3.8) is 0 Å². The van der Waals surface area contributed by atoms with Crippen LogP contribution in [-0.4, -0.2) is 25.5 Å². The van der Waals surface area contributed by atoms with E-state index in [1.54, 1.807) is 23.8 Å². The number of furan rings is 1. The van der Waals surface area contributed by atoms with E-state index in [4.69, 9.17) is 4.42 Å². The topological polar surface area (TPSA) is 65.3 Å². The van der Waals surface area contributed by atoms with Gasteiger partial charge in [-0.25, -0.2) is 4.98 Å². The number of aldehydes is 1. The molecule has 0 radical (unpaired) electrons. The van der Waals surface area contributed by atoms with E-state index in [2.05, 4.69) is 10.1 Å². The van der Waals surface area contributed by atoms with Gasteiger partial charge < -0.3 is 4.42 Å². The highest BCUT2D eigenvalue weighted by atomic mass is 16.3. The molecule has 0 fully saturated rings. The predicted molar refractivity (Wildman–Crippen MR) is 59.8 cm³/mol. The molecule has 3 aromatic rings. The third kappa shape index (κ3) is 1.24.